The van der Waals surface area contributed by atoms with Crippen LogP contribution in [0.25, 0.3) is 0 Å². The topological polar surface area (TPSA) is 38.0 Å². The number of hydrogen-bond donors (Lipinski definition) is 2. The fraction of sp³-hybridized carbons (Fsp3) is 0.231. The number of benzene rings is 1. The Morgan fingerprint density at radius 1 is 1.25 bits per heavy atom. The molecule has 1 aromatic heterocycles. The number of aryl methyl sites for hydroxylation is 1. The lowest BCUT2D eigenvalue weighted by molar-refractivity contribution is 0.559. The average Bonchev–Trinajstić information content (AvgIpc) is 2.81. The number of hydrazine groups is 1. The van der Waals surface area contributed by atoms with Gasteiger partial charge in [0.1, 0.15) is 0 Å². The Labute approximate surface area is 100 Å². The van der Waals surface area contributed by atoms with Gasteiger partial charge >= 0.3 is 0 Å². The molecule has 0 bridgehead atoms. The van der Waals surface area contributed by atoms with Crippen molar-refractivity contribution >= 4 is 11.3 Å². The SMILES string of the molecule is Cc1ccccc1CC(NN)c1cccs1. The molecule has 0 aliphatic heterocycles. The van der Waals surface area contributed by atoms with Crippen molar-refractivity contribution in [2.75, 3.05) is 0 Å². The van der Waals surface area contributed by atoms with E-state index in [0.29, 0.717) is 0 Å². The van der Waals surface area contributed by atoms with Crippen LogP contribution in [0.5, 0.6) is 0 Å². The average molecular weight is 232 g/mol. The molecule has 0 spiro atoms. The molecule has 2 nitrogen and oxygen atoms in total. The van der Waals surface area contributed by atoms with Gasteiger partial charge in [-0.2, -0.15) is 0 Å². The monoisotopic (exact) mass is 232 g/mol. The van der Waals surface area contributed by atoms with Gasteiger partial charge in [0.2, 0.25) is 0 Å². The summed E-state index contributed by atoms with van der Waals surface area (Å²) < 4.78 is 0. The van der Waals surface area contributed by atoms with Gasteiger partial charge in [0.15, 0.2) is 0 Å². The van der Waals surface area contributed by atoms with Crippen molar-refractivity contribution < 1.29 is 0 Å². The van der Waals surface area contributed by atoms with Crippen molar-refractivity contribution in [3.63, 3.8) is 0 Å². The first-order valence-corrected chi connectivity index (χ1v) is 6.23. The van der Waals surface area contributed by atoms with E-state index < -0.39 is 0 Å². The Bertz CT molecular complexity index is 437. The van der Waals surface area contributed by atoms with E-state index in [9.17, 15) is 0 Å². The van der Waals surface area contributed by atoms with Gasteiger partial charge in [-0.3, -0.25) is 11.3 Å². The van der Waals surface area contributed by atoms with Crippen LogP contribution in [0.4, 0.5) is 0 Å². The molecular weight excluding hydrogens is 216 g/mol. The Hall–Kier alpha value is -1.16. The highest BCUT2D eigenvalue weighted by molar-refractivity contribution is 7.10. The maximum atomic E-state index is 5.62. The number of hydrogen-bond acceptors (Lipinski definition) is 3. The smallest absolute Gasteiger partial charge is 0.0593 e. The zero-order valence-corrected chi connectivity index (χ0v) is 10.1. The number of nitrogens with two attached hydrogens (primary N) is 1. The normalized spacial score (nSPS) is 12.6. The summed E-state index contributed by atoms with van der Waals surface area (Å²) in [6.45, 7) is 2.14. The fourth-order valence-electron chi connectivity index (χ4n) is 1.79. The third kappa shape index (κ3) is 2.50. The van der Waals surface area contributed by atoms with E-state index in [2.05, 4.69) is 54.1 Å². The summed E-state index contributed by atoms with van der Waals surface area (Å²) in [5, 5.41) is 2.08. The molecule has 1 heterocycles. The maximum Gasteiger partial charge on any atom is 0.0593 e. The van der Waals surface area contributed by atoms with Crippen LogP contribution in [0.3, 0.4) is 0 Å². The van der Waals surface area contributed by atoms with E-state index in [-0.39, 0.29) is 6.04 Å². The van der Waals surface area contributed by atoms with E-state index in [1.165, 1.54) is 16.0 Å². The van der Waals surface area contributed by atoms with Gasteiger partial charge < -0.3 is 0 Å². The summed E-state index contributed by atoms with van der Waals surface area (Å²) in [5.74, 6) is 5.62. The number of nitrogens with one attached hydrogen (secondary N) is 1. The predicted molar refractivity (Wildman–Crippen MR) is 69.3 cm³/mol. The van der Waals surface area contributed by atoms with Gasteiger partial charge in [-0.25, -0.2) is 0 Å². The molecule has 0 saturated heterocycles. The first-order chi connectivity index (χ1) is 7.81. The lowest BCUT2D eigenvalue weighted by Crippen LogP contribution is -2.29. The second-order valence-corrected chi connectivity index (χ2v) is 4.84. The van der Waals surface area contributed by atoms with Gasteiger partial charge in [0.05, 0.1) is 6.04 Å². The maximum absolute atomic E-state index is 5.62. The first-order valence-electron chi connectivity index (χ1n) is 5.35. The minimum Gasteiger partial charge on any atom is -0.271 e. The van der Waals surface area contributed by atoms with Crippen LogP contribution in [0.15, 0.2) is 41.8 Å². The molecule has 84 valence electrons. The van der Waals surface area contributed by atoms with E-state index in [1.54, 1.807) is 11.3 Å². The second kappa shape index (κ2) is 5.25. The van der Waals surface area contributed by atoms with Crippen LogP contribution in [0.2, 0.25) is 0 Å². The summed E-state index contributed by atoms with van der Waals surface area (Å²) >= 11 is 1.74. The van der Waals surface area contributed by atoms with Gasteiger partial charge in [-0.1, -0.05) is 30.3 Å². The van der Waals surface area contributed by atoms with Gasteiger partial charge in [0, 0.05) is 4.88 Å². The van der Waals surface area contributed by atoms with Crippen molar-refractivity contribution in [2.45, 2.75) is 19.4 Å². The summed E-state index contributed by atoms with van der Waals surface area (Å²) in [6.07, 6.45) is 0.934. The molecule has 1 aromatic carbocycles. The van der Waals surface area contributed by atoms with Gasteiger partial charge in [0.25, 0.3) is 0 Å². The van der Waals surface area contributed by atoms with Crippen LogP contribution < -0.4 is 11.3 Å². The van der Waals surface area contributed by atoms with Crippen molar-refractivity contribution in [2.24, 2.45) is 5.84 Å². The zero-order valence-electron chi connectivity index (χ0n) is 9.31. The van der Waals surface area contributed by atoms with Crippen LogP contribution in [-0.4, -0.2) is 0 Å². The summed E-state index contributed by atoms with van der Waals surface area (Å²) in [4.78, 5) is 1.28. The molecule has 2 rings (SSSR count). The van der Waals surface area contributed by atoms with Crippen LogP contribution in [0, 0.1) is 6.92 Å². The summed E-state index contributed by atoms with van der Waals surface area (Å²) in [6, 6.07) is 12.8. The van der Waals surface area contributed by atoms with Crippen molar-refractivity contribution in [3.05, 3.63) is 57.8 Å². The lowest BCUT2D eigenvalue weighted by atomic mass is 10.0. The van der Waals surface area contributed by atoms with Crippen LogP contribution in [0.1, 0.15) is 22.0 Å². The van der Waals surface area contributed by atoms with Crippen LogP contribution in [-0.2, 0) is 6.42 Å². The quantitative estimate of drug-likeness (QED) is 0.628. The van der Waals surface area contributed by atoms with Gasteiger partial charge in [-0.15, -0.1) is 11.3 Å². The Morgan fingerprint density at radius 3 is 2.69 bits per heavy atom. The third-order valence-electron chi connectivity index (χ3n) is 2.77. The fourth-order valence-corrected chi connectivity index (χ4v) is 2.58. The Morgan fingerprint density at radius 2 is 2.06 bits per heavy atom. The molecular formula is C13H16N2S. The first kappa shape index (κ1) is 11.3. The zero-order chi connectivity index (χ0) is 11.4. The molecule has 0 aliphatic carbocycles. The Kier molecular flexibility index (Phi) is 3.72. The molecule has 0 fully saturated rings. The lowest BCUT2D eigenvalue weighted by Gasteiger charge is -2.15. The third-order valence-corrected chi connectivity index (χ3v) is 3.76. The van der Waals surface area contributed by atoms with E-state index in [4.69, 9.17) is 5.84 Å². The largest absolute Gasteiger partial charge is 0.271 e. The molecule has 0 radical (unpaired) electrons. The second-order valence-electron chi connectivity index (χ2n) is 3.87. The molecule has 1 unspecified atom stereocenters. The predicted octanol–water partition coefficient (Wildman–Crippen LogP) is 2.80. The Balaban J connectivity index is 2.17. The molecule has 3 N–H and O–H groups in total. The standard InChI is InChI=1S/C13H16N2S/c1-10-5-2-3-6-11(10)9-12(15-14)13-7-4-8-16-13/h2-8,12,15H,9,14H2,1H3. The highest BCUT2D eigenvalue weighted by Gasteiger charge is 2.12. The highest BCUT2D eigenvalue weighted by atomic mass is 32.1. The minimum absolute atomic E-state index is 0.209. The summed E-state index contributed by atoms with van der Waals surface area (Å²) in [5.41, 5.74) is 5.56. The molecule has 16 heavy (non-hydrogen) atoms. The van der Waals surface area contributed by atoms with Gasteiger partial charge in [-0.05, 0) is 35.9 Å². The molecule has 0 amide bonds. The molecule has 2 aromatic rings. The number of thiophene rings is 1. The van der Waals surface area contributed by atoms with E-state index in [0.717, 1.165) is 6.42 Å². The number of rotatable bonds is 4. The molecule has 1 atom stereocenters. The van der Waals surface area contributed by atoms with Crippen molar-refractivity contribution in [1.82, 2.24) is 5.43 Å². The van der Waals surface area contributed by atoms with E-state index in [1.807, 2.05) is 0 Å². The molecule has 3 heteroatoms. The van der Waals surface area contributed by atoms with Crippen molar-refractivity contribution in [3.8, 4) is 0 Å². The highest BCUT2D eigenvalue weighted by Crippen LogP contribution is 2.23. The molecule has 0 aliphatic rings. The van der Waals surface area contributed by atoms with Crippen molar-refractivity contribution in [1.29, 1.82) is 0 Å². The minimum atomic E-state index is 0.209. The van der Waals surface area contributed by atoms with Crippen LogP contribution >= 0.6 is 11.3 Å². The summed E-state index contributed by atoms with van der Waals surface area (Å²) in [7, 11) is 0. The van der Waals surface area contributed by atoms with E-state index >= 15 is 0 Å². The molecule has 0 saturated carbocycles.